The molecule has 1 atom stereocenters. The summed E-state index contributed by atoms with van der Waals surface area (Å²) in [7, 11) is 0. The molecule has 5 aromatic rings. The van der Waals surface area contributed by atoms with E-state index in [2.05, 4.69) is 5.32 Å². The van der Waals surface area contributed by atoms with Gasteiger partial charge in [-0.2, -0.15) is 13.2 Å². The molecule has 5 rings (SSSR count). The number of carbonyl (C=O) groups excluding carboxylic acids is 1. The number of halogens is 3. The summed E-state index contributed by atoms with van der Waals surface area (Å²) >= 11 is 0. The van der Waals surface area contributed by atoms with E-state index in [1.165, 1.54) is 27.7 Å². The number of nitrogens with one attached hydrogen (secondary N) is 1. The van der Waals surface area contributed by atoms with Crippen molar-refractivity contribution in [2.24, 2.45) is 0 Å². The summed E-state index contributed by atoms with van der Waals surface area (Å²) < 4.78 is 42.6. The number of hydrogen-bond acceptors (Lipinski definition) is 3. The van der Waals surface area contributed by atoms with E-state index in [9.17, 15) is 22.8 Å². The van der Waals surface area contributed by atoms with E-state index in [4.69, 9.17) is 4.98 Å². The van der Waals surface area contributed by atoms with Crippen LogP contribution in [0.4, 0.5) is 23.7 Å². The number of hydrogen-bond donors (Lipinski definition) is 1. The molecule has 1 heterocycles. The van der Waals surface area contributed by atoms with Gasteiger partial charge in [-0.15, -0.1) is 0 Å². The lowest BCUT2D eigenvalue weighted by Crippen LogP contribution is -2.39. The number of anilines is 1. The highest BCUT2D eigenvalue weighted by Gasteiger charge is 2.35. The van der Waals surface area contributed by atoms with Gasteiger partial charge in [-0.1, -0.05) is 72.3 Å². The van der Waals surface area contributed by atoms with Crippen molar-refractivity contribution in [3.05, 3.63) is 136 Å². The first-order chi connectivity index (χ1) is 19.6. The van der Waals surface area contributed by atoms with Crippen LogP contribution in [0.1, 0.15) is 35.5 Å². The van der Waals surface area contributed by atoms with Crippen LogP contribution >= 0.6 is 0 Å². The predicted octanol–water partition coefficient (Wildman–Crippen LogP) is 7.51. The molecule has 6 nitrogen and oxygen atoms in total. The van der Waals surface area contributed by atoms with Crippen LogP contribution in [0, 0.1) is 6.92 Å². The molecule has 1 unspecified atom stereocenters. The minimum Gasteiger partial charge on any atom is -0.310 e. The van der Waals surface area contributed by atoms with Gasteiger partial charge in [0.1, 0.15) is 5.82 Å². The van der Waals surface area contributed by atoms with E-state index in [0.717, 1.165) is 17.2 Å². The molecule has 208 valence electrons. The maximum atomic E-state index is 13.8. The van der Waals surface area contributed by atoms with E-state index in [1.807, 2.05) is 49.4 Å². The quantitative estimate of drug-likeness (QED) is 0.235. The highest BCUT2D eigenvalue weighted by atomic mass is 19.4. The van der Waals surface area contributed by atoms with Crippen molar-refractivity contribution in [1.82, 2.24) is 14.5 Å². The number of benzene rings is 4. The lowest BCUT2D eigenvalue weighted by Gasteiger charge is -2.31. The Morgan fingerprint density at radius 1 is 0.902 bits per heavy atom. The van der Waals surface area contributed by atoms with Gasteiger partial charge in [0.25, 0.3) is 5.56 Å². The molecule has 4 aromatic carbocycles. The molecule has 0 spiro atoms. The number of alkyl halides is 3. The summed E-state index contributed by atoms with van der Waals surface area (Å²) in [4.78, 5) is 33.8. The van der Waals surface area contributed by atoms with E-state index in [-0.39, 0.29) is 23.6 Å². The van der Waals surface area contributed by atoms with Crippen molar-refractivity contribution in [2.45, 2.75) is 32.6 Å². The van der Waals surface area contributed by atoms with Gasteiger partial charge in [-0.05, 0) is 55.8 Å². The zero-order valence-corrected chi connectivity index (χ0v) is 22.4. The standard InChI is InChI=1S/C32H27F3N4O2/c1-21-16-18-24(19-17-21)39-29(36-27-14-8-6-12-25(27)30(39)40)22(2)38(20-23-10-4-3-5-11-23)31(41)37-28-15-9-7-13-26(28)32(33,34)35/h3-19,22H,20H2,1-2H3,(H,37,41). The highest BCUT2D eigenvalue weighted by Crippen LogP contribution is 2.35. The molecule has 0 aliphatic rings. The van der Waals surface area contributed by atoms with E-state index >= 15 is 0 Å². The molecular weight excluding hydrogens is 529 g/mol. The third-order valence-corrected chi connectivity index (χ3v) is 6.87. The molecule has 0 radical (unpaired) electrons. The van der Waals surface area contributed by atoms with Crippen LogP contribution in [0.2, 0.25) is 0 Å². The van der Waals surface area contributed by atoms with Gasteiger partial charge in [0, 0.05) is 6.54 Å². The van der Waals surface area contributed by atoms with Crippen LogP contribution in [0.5, 0.6) is 0 Å². The van der Waals surface area contributed by atoms with Crippen LogP contribution in [-0.2, 0) is 12.7 Å². The van der Waals surface area contributed by atoms with Gasteiger partial charge < -0.3 is 10.2 Å². The Kier molecular flexibility index (Phi) is 7.61. The van der Waals surface area contributed by atoms with Crippen LogP contribution in [-0.4, -0.2) is 20.5 Å². The number of fused-ring (bicyclic) bond motifs is 1. The Balaban J connectivity index is 1.65. The fourth-order valence-corrected chi connectivity index (χ4v) is 4.70. The topological polar surface area (TPSA) is 67.2 Å². The normalized spacial score (nSPS) is 12.2. The fraction of sp³-hybridized carbons (Fsp3) is 0.156. The zero-order valence-electron chi connectivity index (χ0n) is 22.4. The lowest BCUT2D eigenvalue weighted by atomic mass is 10.1. The van der Waals surface area contributed by atoms with Crippen LogP contribution in [0.3, 0.4) is 0 Å². The molecule has 0 aliphatic heterocycles. The SMILES string of the molecule is Cc1ccc(-n2c(C(C)N(Cc3ccccc3)C(=O)Nc3ccccc3C(F)(F)F)nc3ccccc3c2=O)cc1. The number of aryl methyl sites for hydroxylation is 1. The molecule has 2 amide bonds. The van der Waals surface area contributed by atoms with Crippen molar-refractivity contribution in [3.8, 4) is 5.69 Å². The zero-order chi connectivity index (χ0) is 29.1. The summed E-state index contributed by atoms with van der Waals surface area (Å²) in [5.74, 6) is 0.271. The Bertz CT molecular complexity index is 1750. The summed E-state index contributed by atoms with van der Waals surface area (Å²) in [6.45, 7) is 3.69. The number of urea groups is 1. The van der Waals surface area contributed by atoms with Crippen molar-refractivity contribution in [2.75, 3.05) is 5.32 Å². The molecule has 1 N–H and O–H groups in total. The first kappa shape index (κ1) is 27.6. The number of para-hydroxylation sites is 2. The molecule has 41 heavy (non-hydrogen) atoms. The van der Waals surface area contributed by atoms with Crippen molar-refractivity contribution in [3.63, 3.8) is 0 Å². The van der Waals surface area contributed by atoms with Crippen LogP contribution in [0.15, 0.2) is 108 Å². The third-order valence-electron chi connectivity index (χ3n) is 6.87. The number of amides is 2. The Labute approximate surface area is 234 Å². The lowest BCUT2D eigenvalue weighted by molar-refractivity contribution is -0.136. The predicted molar refractivity (Wildman–Crippen MR) is 153 cm³/mol. The first-order valence-electron chi connectivity index (χ1n) is 13.0. The largest absolute Gasteiger partial charge is 0.418 e. The Hall–Kier alpha value is -4.92. The van der Waals surface area contributed by atoms with Gasteiger partial charge >= 0.3 is 12.2 Å². The fourth-order valence-electron chi connectivity index (χ4n) is 4.70. The number of carbonyl (C=O) groups is 1. The van der Waals surface area contributed by atoms with E-state index in [1.54, 1.807) is 43.3 Å². The summed E-state index contributed by atoms with van der Waals surface area (Å²) in [5, 5.41) is 2.86. The Morgan fingerprint density at radius 3 is 2.24 bits per heavy atom. The van der Waals surface area contributed by atoms with Crippen molar-refractivity contribution >= 4 is 22.6 Å². The second-order valence-electron chi connectivity index (χ2n) is 9.73. The molecule has 0 saturated carbocycles. The average molecular weight is 557 g/mol. The second kappa shape index (κ2) is 11.3. The smallest absolute Gasteiger partial charge is 0.310 e. The second-order valence-corrected chi connectivity index (χ2v) is 9.73. The number of aromatic nitrogens is 2. The molecule has 0 aliphatic carbocycles. The minimum atomic E-state index is -4.66. The minimum absolute atomic E-state index is 0.0542. The molecule has 9 heteroatoms. The van der Waals surface area contributed by atoms with Crippen molar-refractivity contribution in [1.29, 1.82) is 0 Å². The van der Waals surface area contributed by atoms with Gasteiger partial charge in [-0.3, -0.25) is 9.36 Å². The van der Waals surface area contributed by atoms with E-state index < -0.39 is 23.8 Å². The number of nitrogens with zero attached hydrogens (tertiary/aromatic N) is 3. The van der Waals surface area contributed by atoms with Gasteiger partial charge in [-0.25, -0.2) is 9.78 Å². The first-order valence-corrected chi connectivity index (χ1v) is 13.0. The average Bonchev–Trinajstić information content (AvgIpc) is 2.96. The van der Waals surface area contributed by atoms with Gasteiger partial charge in [0.05, 0.1) is 33.9 Å². The summed E-state index contributed by atoms with van der Waals surface area (Å²) in [5.41, 5.74) is 1.12. The number of rotatable bonds is 6. The summed E-state index contributed by atoms with van der Waals surface area (Å²) in [6.07, 6.45) is -4.66. The molecule has 0 saturated heterocycles. The summed E-state index contributed by atoms with van der Waals surface area (Å²) in [6, 6.07) is 26.6. The maximum absolute atomic E-state index is 13.8. The van der Waals surface area contributed by atoms with E-state index in [0.29, 0.717) is 16.6 Å². The maximum Gasteiger partial charge on any atom is 0.418 e. The van der Waals surface area contributed by atoms with Crippen LogP contribution in [0.25, 0.3) is 16.6 Å². The molecule has 0 bridgehead atoms. The van der Waals surface area contributed by atoms with Gasteiger partial charge in [0.15, 0.2) is 0 Å². The van der Waals surface area contributed by atoms with Gasteiger partial charge in [0.2, 0.25) is 0 Å². The molecule has 1 aromatic heterocycles. The third kappa shape index (κ3) is 5.84. The molecular formula is C32H27F3N4O2. The Morgan fingerprint density at radius 2 is 1.54 bits per heavy atom. The monoisotopic (exact) mass is 556 g/mol. The van der Waals surface area contributed by atoms with Crippen LogP contribution < -0.4 is 10.9 Å². The molecule has 0 fully saturated rings. The highest BCUT2D eigenvalue weighted by molar-refractivity contribution is 5.90. The van der Waals surface area contributed by atoms with Crippen molar-refractivity contribution < 1.29 is 18.0 Å².